The Kier molecular flexibility index (Phi) is 3.10. The molecule has 4 heteroatoms. The maximum atomic E-state index is 9.91. The highest BCUT2D eigenvalue weighted by atomic mass is 16.3. The first-order chi connectivity index (χ1) is 8.61. The van der Waals surface area contributed by atoms with Gasteiger partial charge in [-0.05, 0) is 12.1 Å². The van der Waals surface area contributed by atoms with E-state index in [0.717, 1.165) is 0 Å². The second-order valence-electron chi connectivity index (χ2n) is 3.74. The fourth-order valence-corrected chi connectivity index (χ4v) is 1.58. The molecule has 0 saturated carbocycles. The molecular formula is C14H12O4. The Balaban J connectivity index is 2.54. The molecule has 0 heterocycles. The third-order valence-corrected chi connectivity index (χ3v) is 2.54. The van der Waals surface area contributed by atoms with Gasteiger partial charge in [0.05, 0.1) is 5.56 Å². The number of hydrogen-bond donors (Lipinski definition) is 4. The van der Waals surface area contributed by atoms with Crippen molar-refractivity contribution in [3.05, 3.63) is 59.7 Å². The molecule has 92 valence electrons. The van der Waals surface area contributed by atoms with Crippen molar-refractivity contribution in [1.29, 1.82) is 0 Å². The number of aromatic hydroxyl groups is 2. The van der Waals surface area contributed by atoms with Gasteiger partial charge in [0.1, 0.15) is 0 Å². The third kappa shape index (κ3) is 2.08. The number of hydrogen-bond acceptors (Lipinski definition) is 4. The van der Waals surface area contributed by atoms with Gasteiger partial charge in [-0.1, -0.05) is 36.4 Å². The molecule has 2 rings (SSSR count). The van der Waals surface area contributed by atoms with Gasteiger partial charge in [0.2, 0.25) is 0 Å². The van der Waals surface area contributed by atoms with Crippen molar-refractivity contribution in [1.82, 2.24) is 0 Å². The molecule has 2 aromatic rings. The number of benzene rings is 2. The van der Waals surface area contributed by atoms with Gasteiger partial charge in [-0.25, -0.2) is 0 Å². The highest BCUT2D eigenvalue weighted by Gasteiger charge is 2.14. The van der Waals surface area contributed by atoms with Gasteiger partial charge < -0.3 is 20.4 Å². The number of aliphatic hydroxyl groups excluding tert-OH is 2. The van der Waals surface area contributed by atoms with E-state index >= 15 is 0 Å². The topological polar surface area (TPSA) is 80.9 Å². The molecule has 4 N–H and O–H groups in total. The standard InChI is InChI=1S/C14H12O4/c15-11-8-4-7-10(13(11)17)14(18)12(16)9-5-2-1-3-6-9/h1-8,15-18H. The smallest absolute Gasteiger partial charge is 0.169 e. The van der Waals surface area contributed by atoms with Crippen LogP contribution in [0.15, 0.2) is 48.5 Å². The summed E-state index contributed by atoms with van der Waals surface area (Å²) in [5.74, 6) is -1.69. The number of phenols is 2. The fourth-order valence-electron chi connectivity index (χ4n) is 1.58. The Bertz CT molecular complexity index is 588. The molecule has 0 aliphatic rings. The van der Waals surface area contributed by atoms with Crippen LogP contribution in [-0.2, 0) is 0 Å². The Morgan fingerprint density at radius 1 is 0.722 bits per heavy atom. The second-order valence-corrected chi connectivity index (χ2v) is 3.74. The monoisotopic (exact) mass is 244 g/mol. The summed E-state index contributed by atoms with van der Waals surface area (Å²) in [4.78, 5) is 0. The number of para-hydroxylation sites is 1. The summed E-state index contributed by atoms with van der Waals surface area (Å²) in [7, 11) is 0. The lowest BCUT2D eigenvalue weighted by molar-refractivity contribution is 0.396. The van der Waals surface area contributed by atoms with Gasteiger partial charge >= 0.3 is 0 Å². The molecule has 0 unspecified atom stereocenters. The summed E-state index contributed by atoms with van der Waals surface area (Å²) in [6.45, 7) is 0. The van der Waals surface area contributed by atoms with Crippen LogP contribution in [0, 0.1) is 0 Å². The maximum absolute atomic E-state index is 9.91. The van der Waals surface area contributed by atoms with Crippen molar-refractivity contribution < 1.29 is 20.4 Å². The van der Waals surface area contributed by atoms with Gasteiger partial charge in [0.25, 0.3) is 0 Å². The molecule has 0 atom stereocenters. The van der Waals surface area contributed by atoms with Gasteiger partial charge in [-0.3, -0.25) is 0 Å². The van der Waals surface area contributed by atoms with Gasteiger partial charge in [0, 0.05) is 5.56 Å². The molecule has 0 aromatic heterocycles. The Labute approximate surface area is 104 Å². The van der Waals surface area contributed by atoms with Crippen LogP contribution in [0.2, 0.25) is 0 Å². The second kappa shape index (κ2) is 4.71. The molecule has 0 aliphatic carbocycles. The summed E-state index contributed by atoms with van der Waals surface area (Å²) < 4.78 is 0. The van der Waals surface area contributed by atoms with E-state index < -0.39 is 11.5 Å². The van der Waals surface area contributed by atoms with E-state index in [0.29, 0.717) is 5.56 Å². The van der Waals surface area contributed by atoms with E-state index in [4.69, 9.17) is 0 Å². The van der Waals surface area contributed by atoms with E-state index in [1.807, 2.05) is 0 Å². The van der Waals surface area contributed by atoms with Crippen LogP contribution < -0.4 is 0 Å². The summed E-state index contributed by atoms with van der Waals surface area (Å²) in [6.07, 6.45) is 0. The minimum absolute atomic E-state index is 0.0312. The molecular weight excluding hydrogens is 232 g/mol. The van der Waals surface area contributed by atoms with Crippen molar-refractivity contribution in [3.8, 4) is 11.5 Å². The highest BCUT2D eigenvalue weighted by Crippen LogP contribution is 2.34. The molecule has 2 aromatic carbocycles. The molecule has 0 fully saturated rings. The van der Waals surface area contributed by atoms with Crippen molar-refractivity contribution in [3.63, 3.8) is 0 Å². The van der Waals surface area contributed by atoms with Crippen LogP contribution in [0.3, 0.4) is 0 Å². The van der Waals surface area contributed by atoms with Crippen molar-refractivity contribution in [2.45, 2.75) is 0 Å². The quantitative estimate of drug-likeness (QED) is 0.372. The van der Waals surface area contributed by atoms with Crippen molar-refractivity contribution >= 4 is 11.5 Å². The predicted molar refractivity (Wildman–Crippen MR) is 68.3 cm³/mol. The van der Waals surface area contributed by atoms with Crippen LogP contribution in [0.5, 0.6) is 11.5 Å². The SMILES string of the molecule is OC(=C(O)c1cccc(O)c1O)c1ccccc1. The van der Waals surface area contributed by atoms with E-state index in [1.165, 1.54) is 18.2 Å². The van der Waals surface area contributed by atoms with E-state index in [1.54, 1.807) is 30.3 Å². The first kappa shape index (κ1) is 11.9. The number of rotatable bonds is 2. The molecule has 0 radical (unpaired) electrons. The van der Waals surface area contributed by atoms with Crippen LogP contribution >= 0.6 is 0 Å². The molecule has 0 saturated heterocycles. The highest BCUT2D eigenvalue weighted by molar-refractivity contribution is 5.85. The van der Waals surface area contributed by atoms with Gasteiger partial charge in [-0.15, -0.1) is 0 Å². The normalized spacial score (nSPS) is 12.0. The lowest BCUT2D eigenvalue weighted by Gasteiger charge is -2.08. The summed E-state index contributed by atoms with van der Waals surface area (Å²) in [6, 6.07) is 12.6. The third-order valence-electron chi connectivity index (χ3n) is 2.54. The number of aliphatic hydroxyl groups is 2. The minimum Gasteiger partial charge on any atom is -0.504 e. The first-order valence-corrected chi connectivity index (χ1v) is 5.30. The molecule has 4 nitrogen and oxygen atoms in total. The van der Waals surface area contributed by atoms with Crippen molar-refractivity contribution in [2.24, 2.45) is 0 Å². The fraction of sp³-hybridized carbons (Fsp3) is 0. The summed E-state index contributed by atoms with van der Waals surface area (Å²) in [5.41, 5.74) is 0.383. The molecule has 0 spiro atoms. The van der Waals surface area contributed by atoms with Crippen LogP contribution in [0.4, 0.5) is 0 Å². The van der Waals surface area contributed by atoms with Crippen LogP contribution in [0.25, 0.3) is 11.5 Å². The van der Waals surface area contributed by atoms with E-state index in [2.05, 4.69) is 0 Å². The van der Waals surface area contributed by atoms with Gasteiger partial charge in [-0.2, -0.15) is 0 Å². The summed E-state index contributed by atoms with van der Waals surface area (Å²) >= 11 is 0. The van der Waals surface area contributed by atoms with E-state index in [9.17, 15) is 20.4 Å². The maximum Gasteiger partial charge on any atom is 0.169 e. The molecule has 0 aliphatic heterocycles. The lowest BCUT2D eigenvalue weighted by Crippen LogP contribution is -1.91. The Morgan fingerprint density at radius 2 is 1.39 bits per heavy atom. The van der Waals surface area contributed by atoms with Crippen molar-refractivity contribution in [2.75, 3.05) is 0 Å². The average molecular weight is 244 g/mol. The first-order valence-electron chi connectivity index (χ1n) is 5.30. The Hall–Kier alpha value is -2.62. The van der Waals surface area contributed by atoms with Gasteiger partial charge in [0.15, 0.2) is 23.0 Å². The molecule has 18 heavy (non-hydrogen) atoms. The zero-order valence-electron chi connectivity index (χ0n) is 9.41. The zero-order valence-corrected chi connectivity index (χ0v) is 9.41. The largest absolute Gasteiger partial charge is 0.504 e. The van der Waals surface area contributed by atoms with E-state index in [-0.39, 0.29) is 17.1 Å². The average Bonchev–Trinajstić information content (AvgIpc) is 2.41. The number of phenolic OH excluding ortho intramolecular Hbond substituents is 2. The molecule has 0 amide bonds. The summed E-state index contributed by atoms with van der Waals surface area (Å²) in [5, 5.41) is 38.7. The minimum atomic E-state index is -0.491. The predicted octanol–water partition coefficient (Wildman–Crippen LogP) is 3.04. The van der Waals surface area contributed by atoms with Crippen LogP contribution in [0.1, 0.15) is 11.1 Å². The zero-order chi connectivity index (χ0) is 13.1. The lowest BCUT2D eigenvalue weighted by atomic mass is 10.1. The van der Waals surface area contributed by atoms with Crippen LogP contribution in [-0.4, -0.2) is 20.4 Å². The Morgan fingerprint density at radius 3 is 2.06 bits per heavy atom. The molecule has 0 bridgehead atoms.